The van der Waals surface area contributed by atoms with Crippen LogP contribution >= 0.6 is 12.4 Å². The maximum atomic E-state index is 3.36. The molecule has 0 heterocycles. The van der Waals surface area contributed by atoms with Crippen LogP contribution in [0.1, 0.15) is 6.92 Å². The predicted molar refractivity (Wildman–Crippen MR) is 28.9 cm³/mol. The number of allylic oxidation sites excluding steroid dienone is 1. The van der Waals surface area contributed by atoms with E-state index in [0.717, 1.165) is 0 Å². The maximum absolute atomic E-state index is 3.36. The van der Waals surface area contributed by atoms with E-state index in [1.54, 1.807) is 6.08 Å². The summed E-state index contributed by atoms with van der Waals surface area (Å²) in [5.74, 6) is 0. The Morgan fingerprint density at radius 1 is 1.60 bits per heavy atom. The normalized spacial score (nSPS) is 2.60. The molecule has 0 aromatic heterocycles. The van der Waals surface area contributed by atoms with Crippen LogP contribution in [-0.2, 0) is 0 Å². The van der Waals surface area contributed by atoms with E-state index >= 15 is 0 Å². The van der Waals surface area contributed by atoms with E-state index in [9.17, 15) is 0 Å². The SMILES string of the molecule is C=CC.Cl.[Si]. The van der Waals surface area contributed by atoms with Crippen molar-refractivity contribution in [1.29, 1.82) is 0 Å². The fourth-order valence-electron chi connectivity index (χ4n) is 0. The molecule has 0 rings (SSSR count). The molecule has 0 bridgehead atoms. The molecular formula is C3H7ClSi. The molecule has 0 nitrogen and oxygen atoms in total. The van der Waals surface area contributed by atoms with Gasteiger partial charge in [-0.2, -0.15) is 0 Å². The van der Waals surface area contributed by atoms with E-state index in [4.69, 9.17) is 0 Å². The van der Waals surface area contributed by atoms with Crippen molar-refractivity contribution in [2.45, 2.75) is 6.92 Å². The molecule has 0 aliphatic heterocycles. The van der Waals surface area contributed by atoms with E-state index in [2.05, 4.69) is 6.58 Å². The highest BCUT2D eigenvalue weighted by atomic mass is 35.5. The van der Waals surface area contributed by atoms with E-state index in [1.807, 2.05) is 6.92 Å². The van der Waals surface area contributed by atoms with Crippen molar-refractivity contribution in [2.75, 3.05) is 0 Å². The summed E-state index contributed by atoms with van der Waals surface area (Å²) >= 11 is 0. The second kappa shape index (κ2) is 28.8. The third-order valence-electron chi connectivity index (χ3n) is 0. The number of rotatable bonds is 0. The van der Waals surface area contributed by atoms with Crippen LogP contribution < -0.4 is 0 Å². The van der Waals surface area contributed by atoms with Crippen LogP contribution in [0, 0.1) is 0 Å². The lowest BCUT2D eigenvalue weighted by molar-refractivity contribution is 1.80. The maximum Gasteiger partial charge on any atom is 0 e. The molecule has 0 fully saturated rings. The molecule has 0 aromatic rings. The van der Waals surface area contributed by atoms with Gasteiger partial charge in [-0.25, -0.2) is 0 Å². The minimum absolute atomic E-state index is 0. The molecule has 0 amide bonds. The molecule has 0 aliphatic carbocycles. The molecule has 0 unspecified atom stereocenters. The first-order valence-corrected chi connectivity index (χ1v) is 0.986. The Labute approximate surface area is 43.7 Å². The molecule has 0 aliphatic rings. The summed E-state index contributed by atoms with van der Waals surface area (Å²) in [6.45, 7) is 5.25. The zero-order valence-electron chi connectivity index (χ0n) is 3.19. The Kier molecular flexibility index (Phi) is 108. The summed E-state index contributed by atoms with van der Waals surface area (Å²) in [5.41, 5.74) is 0. The number of hydrogen-bond acceptors (Lipinski definition) is 0. The van der Waals surface area contributed by atoms with Gasteiger partial charge in [-0.3, -0.25) is 0 Å². The quantitative estimate of drug-likeness (QED) is 0.322. The number of halogens is 1. The van der Waals surface area contributed by atoms with E-state index in [1.165, 1.54) is 0 Å². The Morgan fingerprint density at radius 2 is 1.60 bits per heavy atom. The van der Waals surface area contributed by atoms with Crippen LogP contribution in [0.15, 0.2) is 12.7 Å². The molecule has 0 N–H and O–H groups in total. The Hall–Kier alpha value is 0.247. The lowest BCUT2D eigenvalue weighted by atomic mass is 10.8. The molecule has 2 heteroatoms. The summed E-state index contributed by atoms with van der Waals surface area (Å²) in [7, 11) is 0. The number of hydrogen-bond donors (Lipinski definition) is 0. The Balaban J connectivity index is -0.0000000200. The fraction of sp³-hybridized carbons (Fsp3) is 0.333. The van der Waals surface area contributed by atoms with Crippen LogP contribution in [0.2, 0.25) is 0 Å². The van der Waals surface area contributed by atoms with Crippen molar-refractivity contribution < 1.29 is 0 Å². The molecule has 0 aromatic carbocycles. The van der Waals surface area contributed by atoms with Crippen molar-refractivity contribution in [1.82, 2.24) is 0 Å². The van der Waals surface area contributed by atoms with Gasteiger partial charge < -0.3 is 0 Å². The third-order valence-corrected chi connectivity index (χ3v) is 0. The second-order valence-electron chi connectivity index (χ2n) is 0.408. The van der Waals surface area contributed by atoms with Crippen molar-refractivity contribution in [3.05, 3.63) is 12.7 Å². The molecule has 0 spiro atoms. The van der Waals surface area contributed by atoms with E-state index in [0.29, 0.717) is 0 Å². The van der Waals surface area contributed by atoms with Gasteiger partial charge in [-0.1, -0.05) is 6.08 Å². The summed E-state index contributed by atoms with van der Waals surface area (Å²) < 4.78 is 0. The smallest absolute Gasteiger partial charge is 0 e. The van der Waals surface area contributed by atoms with Crippen molar-refractivity contribution in [3.63, 3.8) is 0 Å². The van der Waals surface area contributed by atoms with Gasteiger partial charge in [0.2, 0.25) is 0 Å². The van der Waals surface area contributed by atoms with Gasteiger partial charge >= 0.3 is 0 Å². The molecule has 0 atom stereocenters. The summed E-state index contributed by atoms with van der Waals surface area (Å²) in [4.78, 5) is 0. The first kappa shape index (κ1) is 18.7. The average molecular weight is 107 g/mol. The van der Waals surface area contributed by atoms with E-state index < -0.39 is 0 Å². The molecular weight excluding hydrogens is 99.6 g/mol. The van der Waals surface area contributed by atoms with Gasteiger partial charge in [0.25, 0.3) is 0 Å². The minimum atomic E-state index is 0. The molecule has 0 saturated heterocycles. The van der Waals surface area contributed by atoms with Crippen molar-refractivity contribution >= 4 is 23.4 Å². The molecule has 0 saturated carbocycles. The first-order valence-electron chi connectivity index (χ1n) is 0.986. The summed E-state index contributed by atoms with van der Waals surface area (Å²) in [6, 6.07) is 0. The molecule has 30 valence electrons. The van der Waals surface area contributed by atoms with E-state index in [-0.39, 0.29) is 23.4 Å². The third kappa shape index (κ3) is 352. The lowest BCUT2D eigenvalue weighted by Gasteiger charge is -1.31. The van der Waals surface area contributed by atoms with Crippen LogP contribution in [0.3, 0.4) is 0 Å². The standard InChI is InChI=1S/C3H6.ClH.Si/c1-3-2;;/h3H,1H2,2H3;1H;. The fourth-order valence-corrected chi connectivity index (χ4v) is 0. The highest BCUT2D eigenvalue weighted by Crippen LogP contribution is 1.38. The van der Waals surface area contributed by atoms with Gasteiger partial charge in [-0.15, -0.1) is 19.0 Å². The highest BCUT2D eigenvalue weighted by molar-refractivity contribution is 5.85. The van der Waals surface area contributed by atoms with Gasteiger partial charge in [0.05, 0.1) is 0 Å². The average Bonchev–Trinajstić information content (AvgIpc) is 0.918. The van der Waals surface area contributed by atoms with Crippen LogP contribution in [0.5, 0.6) is 0 Å². The molecule has 5 heavy (non-hydrogen) atoms. The summed E-state index contributed by atoms with van der Waals surface area (Å²) in [5, 5.41) is 0. The van der Waals surface area contributed by atoms with Gasteiger partial charge in [0.1, 0.15) is 0 Å². The highest BCUT2D eigenvalue weighted by Gasteiger charge is 1.15. The zero-order valence-corrected chi connectivity index (χ0v) is 5.01. The van der Waals surface area contributed by atoms with Crippen LogP contribution in [0.25, 0.3) is 0 Å². The molecule has 4 radical (unpaired) electrons. The summed E-state index contributed by atoms with van der Waals surface area (Å²) in [6.07, 6.45) is 1.75. The monoisotopic (exact) mass is 106 g/mol. The Morgan fingerprint density at radius 3 is 1.60 bits per heavy atom. The van der Waals surface area contributed by atoms with Gasteiger partial charge in [0.15, 0.2) is 0 Å². The van der Waals surface area contributed by atoms with Crippen molar-refractivity contribution in [2.24, 2.45) is 0 Å². The minimum Gasteiger partial charge on any atom is -0.147 e. The lowest BCUT2D eigenvalue weighted by Crippen LogP contribution is -1.07. The van der Waals surface area contributed by atoms with Gasteiger partial charge in [-0.05, 0) is 6.92 Å². The van der Waals surface area contributed by atoms with Crippen LogP contribution in [-0.4, -0.2) is 11.0 Å². The second-order valence-corrected chi connectivity index (χ2v) is 0.408. The topological polar surface area (TPSA) is 0 Å². The van der Waals surface area contributed by atoms with Gasteiger partial charge in [0, 0.05) is 11.0 Å². The predicted octanol–water partition coefficient (Wildman–Crippen LogP) is 1.23. The van der Waals surface area contributed by atoms with Crippen molar-refractivity contribution in [3.8, 4) is 0 Å². The largest absolute Gasteiger partial charge is 0.147 e. The van der Waals surface area contributed by atoms with Crippen LogP contribution in [0.4, 0.5) is 0 Å². The zero-order chi connectivity index (χ0) is 2.71. The Bertz CT molecular complexity index is 14.4. The first-order chi connectivity index (χ1) is 1.41.